The minimum Gasteiger partial charge on any atom is -0.453 e. The van der Waals surface area contributed by atoms with E-state index in [1.807, 2.05) is 0 Å². The van der Waals surface area contributed by atoms with Crippen LogP contribution in [-0.2, 0) is 10.9 Å². The highest BCUT2D eigenvalue weighted by Crippen LogP contribution is 2.31. The van der Waals surface area contributed by atoms with Crippen LogP contribution in [0.4, 0.5) is 23.7 Å². The molecule has 4 heterocycles. The number of nitrogens with zero attached hydrogens (tertiary/aromatic N) is 5. The number of imidazole rings is 1. The molecule has 4 aromatic rings. The number of ether oxygens (including phenoxy) is 1. The summed E-state index contributed by atoms with van der Waals surface area (Å²) >= 11 is 0. The number of carbonyl (C=O) groups excluding carboxylic acids is 2. The summed E-state index contributed by atoms with van der Waals surface area (Å²) in [6, 6.07) is 7.26. The first-order valence-electron chi connectivity index (χ1n) is 10.8. The zero-order valence-corrected chi connectivity index (χ0v) is 19.0. The number of benzene rings is 1. The number of fused-ring (bicyclic) bond motifs is 1. The number of methoxy groups -OCH3 is 1. The largest absolute Gasteiger partial charge is 0.453 e. The van der Waals surface area contributed by atoms with Gasteiger partial charge in [0.25, 0.3) is 5.91 Å². The van der Waals surface area contributed by atoms with E-state index in [4.69, 9.17) is 4.52 Å². The highest BCUT2D eigenvalue weighted by Gasteiger charge is 2.36. The van der Waals surface area contributed by atoms with Gasteiger partial charge in [0.15, 0.2) is 0 Å². The van der Waals surface area contributed by atoms with Crippen LogP contribution in [0.1, 0.15) is 33.4 Å². The van der Waals surface area contributed by atoms with Crippen LogP contribution >= 0.6 is 0 Å². The second kappa shape index (κ2) is 8.66. The van der Waals surface area contributed by atoms with Crippen LogP contribution in [0.15, 0.2) is 47.2 Å². The van der Waals surface area contributed by atoms with Gasteiger partial charge in [-0.2, -0.15) is 18.2 Å². The van der Waals surface area contributed by atoms with Gasteiger partial charge in [0.2, 0.25) is 11.7 Å². The topological polar surface area (TPSA) is 115 Å². The van der Waals surface area contributed by atoms with Gasteiger partial charge in [0, 0.05) is 30.5 Å². The average molecular weight is 500 g/mol. The number of halogens is 3. The third kappa shape index (κ3) is 4.23. The summed E-state index contributed by atoms with van der Waals surface area (Å²) in [6.07, 6.45) is -2.93. The third-order valence-electron chi connectivity index (χ3n) is 5.91. The molecule has 1 aromatic carbocycles. The minimum absolute atomic E-state index is 0.0529. The third-order valence-corrected chi connectivity index (χ3v) is 5.91. The lowest BCUT2D eigenvalue weighted by Gasteiger charge is -2.35. The van der Waals surface area contributed by atoms with Crippen molar-refractivity contribution in [3.8, 4) is 11.4 Å². The first-order chi connectivity index (χ1) is 17.1. The number of pyridine rings is 1. The highest BCUT2D eigenvalue weighted by molar-refractivity contribution is 6.04. The Morgan fingerprint density at radius 3 is 2.69 bits per heavy atom. The summed E-state index contributed by atoms with van der Waals surface area (Å²) in [5.41, 5.74) is 0.962. The van der Waals surface area contributed by atoms with Gasteiger partial charge in [-0.3, -0.25) is 9.20 Å². The quantitative estimate of drug-likeness (QED) is 0.448. The van der Waals surface area contributed by atoms with E-state index in [2.05, 4.69) is 25.2 Å². The number of nitrogens with one attached hydrogen (secondary N) is 1. The van der Waals surface area contributed by atoms with Crippen molar-refractivity contribution in [3.63, 3.8) is 0 Å². The smallest absolute Gasteiger partial charge is 0.417 e. The zero-order chi connectivity index (χ0) is 25.6. The second-order valence-electron chi connectivity index (χ2n) is 8.30. The van der Waals surface area contributed by atoms with Crippen molar-refractivity contribution in [2.24, 2.45) is 0 Å². The van der Waals surface area contributed by atoms with Crippen molar-refractivity contribution in [2.45, 2.75) is 19.0 Å². The maximum absolute atomic E-state index is 13.1. The second-order valence-corrected chi connectivity index (χ2v) is 8.30. The molecule has 186 valence electrons. The number of likely N-dealkylation sites (tertiary alicyclic amines) is 1. The molecular formula is C23H19F3N6O4. The molecule has 0 atom stereocenters. The Bertz CT molecular complexity index is 1470. The molecule has 1 fully saturated rings. The lowest BCUT2D eigenvalue weighted by atomic mass is 10.0. The fourth-order valence-corrected chi connectivity index (χ4v) is 3.83. The summed E-state index contributed by atoms with van der Waals surface area (Å²) in [5, 5.41) is 6.72. The highest BCUT2D eigenvalue weighted by atomic mass is 19.4. The normalized spacial score (nSPS) is 14.1. The monoisotopic (exact) mass is 500 g/mol. The van der Waals surface area contributed by atoms with Gasteiger partial charge in [0.1, 0.15) is 11.3 Å². The minimum atomic E-state index is -4.56. The van der Waals surface area contributed by atoms with Crippen molar-refractivity contribution in [3.05, 3.63) is 65.4 Å². The number of amides is 2. The van der Waals surface area contributed by atoms with Gasteiger partial charge < -0.3 is 19.5 Å². The molecule has 1 saturated heterocycles. The van der Waals surface area contributed by atoms with Crippen molar-refractivity contribution in [1.29, 1.82) is 0 Å². The molecule has 36 heavy (non-hydrogen) atoms. The Kier molecular flexibility index (Phi) is 5.61. The van der Waals surface area contributed by atoms with E-state index in [-0.39, 0.29) is 17.3 Å². The van der Waals surface area contributed by atoms with Crippen LogP contribution in [0.25, 0.3) is 17.0 Å². The van der Waals surface area contributed by atoms with Crippen LogP contribution in [0.3, 0.4) is 0 Å². The first-order valence-corrected chi connectivity index (χ1v) is 10.8. The maximum atomic E-state index is 13.1. The number of hydrogen-bond donors (Lipinski definition) is 1. The molecule has 0 spiro atoms. The van der Waals surface area contributed by atoms with Crippen LogP contribution in [0, 0.1) is 6.92 Å². The molecule has 1 aliphatic rings. The molecule has 1 aliphatic heterocycles. The van der Waals surface area contributed by atoms with E-state index in [1.165, 1.54) is 24.3 Å². The van der Waals surface area contributed by atoms with Crippen LogP contribution in [0.2, 0.25) is 0 Å². The number of hydrogen-bond acceptors (Lipinski definition) is 7. The number of alkyl halides is 3. The van der Waals surface area contributed by atoms with Gasteiger partial charge in [-0.05, 0) is 30.7 Å². The predicted octanol–water partition coefficient (Wildman–Crippen LogP) is 4.13. The van der Waals surface area contributed by atoms with Gasteiger partial charge in [-0.15, -0.1) is 0 Å². The summed E-state index contributed by atoms with van der Waals surface area (Å²) in [5.74, 6) is -0.0656. The van der Waals surface area contributed by atoms with Gasteiger partial charge in [-0.1, -0.05) is 17.3 Å². The molecule has 0 radical (unpaired) electrons. The molecule has 3 aromatic heterocycles. The average Bonchev–Trinajstić information content (AvgIpc) is 3.46. The molecule has 10 nitrogen and oxygen atoms in total. The predicted molar refractivity (Wildman–Crippen MR) is 119 cm³/mol. The number of anilines is 1. The van der Waals surface area contributed by atoms with Crippen LogP contribution < -0.4 is 5.32 Å². The number of aryl methyl sites for hydroxylation is 1. The number of aromatic nitrogens is 4. The Morgan fingerprint density at radius 1 is 1.19 bits per heavy atom. The van der Waals surface area contributed by atoms with Gasteiger partial charge >= 0.3 is 12.3 Å². The standard InChI is InChI=1S/C23H19F3N6O4/c1-12-3-4-13(19-29-21(36-30-19)14-9-31(10-14)22(34)35-2)7-16(12)28-20(33)17-8-27-18-6-5-15(11-32(17)18)23(24,25)26/h3-8,11,14H,9-10H2,1-2H3,(H,28,33). The number of carbonyl (C=O) groups is 2. The lowest BCUT2D eigenvalue weighted by Crippen LogP contribution is -2.48. The van der Waals surface area contributed by atoms with Gasteiger partial charge in [0.05, 0.1) is 24.8 Å². The summed E-state index contributed by atoms with van der Waals surface area (Å²) in [6.45, 7) is 2.57. The summed E-state index contributed by atoms with van der Waals surface area (Å²) in [4.78, 5) is 34.4. The van der Waals surface area contributed by atoms with E-state index < -0.39 is 23.7 Å². The van der Waals surface area contributed by atoms with E-state index in [0.29, 0.717) is 41.6 Å². The Hall–Kier alpha value is -4.42. The lowest BCUT2D eigenvalue weighted by molar-refractivity contribution is -0.137. The van der Waals surface area contributed by atoms with Crippen molar-refractivity contribution in [2.75, 3.05) is 25.5 Å². The van der Waals surface area contributed by atoms with E-state index in [1.54, 1.807) is 25.1 Å². The molecule has 2 amide bonds. The molecule has 0 saturated carbocycles. The molecule has 0 unspecified atom stereocenters. The van der Waals surface area contributed by atoms with Crippen LogP contribution in [0.5, 0.6) is 0 Å². The van der Waals surface area contributed by atoms with E-state index >= 15 is 0 Å². The molecule has 1 N–H and O–H groups in total. The molecule has 0 bridgehead atoms. The zero-order valence-electron chi connectivity index (χ0n) is 19.0. The van der Waals surface area contributed by atoms with Crippen molar-refractivity contribution in [1.82, 2.24) is 24.4 Å². The maximum Gasteiger partial charge on any atom is 0.417 e. The Labute approximate surface area is 201 Å². The Balaban J connectivity index is 1.36. The number of rotatable bonds is 4. The Morgan fingerprint density at radius 2 is 1.97 bits per heavy atom. The molecule has 5 rings (SSSR count). The first kappa shape index (κ1) is 23.3. The SMILES string of the molecule is COC(=O)N1CC(c2nc(-c3ccc(C)c(NC(=O)c4cnc5ccc(C(F)(F)F)cn45)c3)no2)C1. The summed E-state index contributed by atoms with van der Waals surface area (Å²) in [7, 11) is 1.31. The molecule has 13 heteroatoms. The van der Waals surface area contributed by atoms with E-state index in [9.17, 15) is 22.8 Å². The van der Waals surface area contributed by atoms with E-state index in [0.717, 1.165) is 16.7 Å². The van der Waals surface area contributed by atoms with Crippen molar-refractivity contribution < 1.29 is 32.0 Å². The summed E-state index contributed by atoms with van der Waals surface area (Å²) < 4.78 is 50.5. The van der Waals surface area contributed by atoms with Gasteiger partial charge in [-0.25, -0.2) is 9.78 Å². The fraction of sp³-hybridized carbons (Fsp3) is 0.261. The molecular weight excluding hydrogens is 481 g/mol. The molecule has 0 aliphatic carbocycles. The van der Waals surface area contributed by atoms with Crippen LogP contribution in [-0.4, -0.2) is 56.6 Å². The fourth-order valence-electron chi connectivity index (χ4n) is 3.83. The van der Waals surface area contributed by atoms with Crippen molar-refractivity contribution >= 4 is 23.3 Å².